The van der Waals surface area contributed by atoms with Gasteiger partial charge in [0.25, 0.3) is 0 Å². The number of hydrogen-bond acceptors (Lipinski definition) is 5. The molecule has 0 fully saturated rings. The third-order valence-electron chi connectivity index (χ3n) is 3.90. The molecule has 0 aliphatic heterocycles. The highest BCUT2D eigenvalue weighted by molar-refractivity contribution is 7.89. The Hall–Kier alpha value is -2.09. The number of rotatable bonds is 9. The van der Waals surface area contributed by atoms with Crippen LogP contribution >= 0.6 is 11.3 Å². The number of ether oxygens (including phenoxy) is 1. The van der Waals surface area contributed by atoms with Gasteiger partial charge in [0.2, 0.25) is 10.0 Å². The zero-order chi connectivity index (χ0) is 19.3. The van der Waals surface area contributed by atoms with Crippen LogP contribution in [-0.4, -0.2) is 19.3 Å². The van der Waals surface area contributed by atoms with E-state index in [0.29, 0.717) is 24.8 Å². The van der Waals surface area contributed by atoms with Crippen molar-refractivity contribution in [3.05, 3.63) is 70.8 Å². The molecule has 0 amide bonds. The van der Waals surface area contributed by atoms with Gasteiger partial charge in [-0.25, -0.2) is 8.42 Å². The smallest absolute Gasteiger partial charge is 0.243 e. The summed E-state index contributed by atoms with van der Waals surface area (Å²) in [5, 5.41) is 1.94. The number of furan rings is 1. The first-order chi connectivity index (χ1) is 12.9. The average molecular weight is 406 g/mol. The molecule has 3 aromatic rings. The highest BCUT2D eigenvalue weighted by Gasteiger charge is 2.25. The molecule has 2 heterocycles. The first-order valence-electron chi connectivity index (χ1n) is 8.71. The predicted octanol–water partition coefficient (Wildman–Crippen LogP) is 4.77. The second-order valence-corrected chi connectivity index (χ2v) is 9.63. The molecule has 1 aromatic carbocycles. The minimum atomic E-state index is -3.66. The molecule has 144 valence electrons. The summed E-state index contributed by atoms with van der Waals surface area (Å²) in [7, 11) is -3.66. The second-order valence-electron chi connectivity index (χ2n) is 6.66. The van der Waals surface area contributed by atoms with Gasteiger partial charge in [-0.1, -0.05) is 19.9 Å². The Kier molecular flexibility index (Phi) is 6.36. The lowest BCUT2D eigenvalue weighted by atomic mass is 10.2. The maximum atomic E-state index is 13.2. The summed E-state index contributed by atoms with van der Waals surface area (Å²) < 4.78 is 38.7. The van der Waals surface area contributed by atoms with Crippen molar-refractivity contribution in [2.75, 3.05) is 6.61 Å². The van der Waals surface area contributed by atoms with Crippen LogP contribution in [0.3, 0.4) is 0 Å². The molecule has 3 rings (SSSR count). The number of hydrogen-bond donors (Lipinski definition) is 0. The van der Waals surface area contributed by atoms with Gasteiger partial charge in [-0.2, -0.15) is 4.31 Å². The fourth-order valence-electron chi connectivity index (χ4n) is 2.51. The molecule has 0 radical (unpaired) electrons. The van der Waals surface area contributed by atoms with Crippen molar-refractivity contribution in [3.63, 3.8) is 0 Å². The Labute approximate surface area is 164 Å². The molecular formula is C20H23NO4S2. The van der Waals surface area contributed by atoms with Crippen LogP contribution in [-0.2, 0) is 23.1 Å². The van der Waals surface area contributed by atoms with E-state index >= 15 is 0 Å². The van der Waals surface area contributed by atoms with Crippen molar-refractivity contribution in [3.8, 4) is 5.75 Å². The van der Waals surface area contributed by atoms with E-state index in [2.05, 4.69) is 13.8 Å². The van der Waals surface area contributed by atoms with Gasteiger partial charge >= 0.3 is 0 Å². The first-order valence-corrected chi connectivity index (χ1v) is 11.0. The van der Waals surface area contributed by atoms with E-state index in [0.717, 1.165) is 10.4 Å². The van der Waals surface area contributed by atoms with Crippen LogP contribution in [0.1, 0.15) is 24.3 Å². The molecule has 0 aliphatic rings. The van der Waals surface area contributed by atoms with E-state index in [1.807, 2.05) is 17.5 Å². The summed E-state index contributed by atoms with van der Waals surface area (Å²) >= 11 is 1.54. The molecule has 27 heavy (non-hydrogen) atoms. The molecule has 7 heteroatoms. The summed E-state index contributed by atoms with van der Waals surface area (Å²) in [5.74, 6) is 1.08. The number of benzene rings is 1. The third-order valence-corrected chi connectivity index (χ3v) is 6.56. The lowest BCUT2D eigenvalue weighted by Gasteiger charge is -2.21. The molecule has 0 saturated heterocycles. The van der Waals surface area contributed by atoms with Gasteiger partial charge < -0.3 is 9.15 Å². The molecule has 0 unspecified atom stereocenters. The molecule has 5 nitrogen and oxygen atoms in total. The van der Waals surface area contributed by atoms with Crippen LogP contribution in [0.4, 0.5) is 0 Å². The summed E-state index contributed by atoms with van der Waals surface area (Å²) in [6.07, 6.45) is 3.12. The number of thiophene rings is 1. The zero-order valence-corrected chi connectivity index (χ0v) is 17.0. The van der Waals surface area contributed by atoms with Crippen LogP contribution in [0.15, 0.2) is 69.7 Å². The Morgan fingerprint density at radius 1 is 1.11 bits per heavy atom. The van der Waals surface area contributed by atoms with Crippen LogP contribution in [0.5, 0.6) is 5.75 Å². The molecular weight excluding hydrogens is 382 g/mol. The molecule has 0 atom stereocenters. The van der Waals surface area contributed by atoms with Crippen LogP contribution in [0.2, 0.25) is 0 Å². The predicted molar refractivity (Wildman–Crippen MR) is 106 cm³/mol. The Balaban J connectivity index is 1.82. The lowest BCUT2D eigenvalue weighted by Crippen LogP contribution is -2.29. The van der Waals surface area contributed by atoms with Gasteiger partial charge in [-0.15, -0.1) is 11.3 Å². The molecule has 2 aromatic heterocycles. The molecule has 0 N–H and O–H groups in total. The Morgan fingerprint density at radius 2 is 1.89 bits per heavy atom. The van der Waals surface area contributed by atoms with Crippen LogP contribution in [0, 0.1) is 5.92 Å². The molecule has 0 aliphatic carbocycles. The summed E-state index contributed by atoms with van der Waals surface area (Å²) in [6, 6.07) is 12.2. The van der Waals surface area contributed by atoms with Gasteiger partial charge in [0.05, 0.1) is 24.0 Å². The summed E-state index contributed by atoms with van der Waals surface area (Å²) in [4.78, 5) is 1.23. The molecule has 0 bridgehead atoms. The highest BCUT2D eigenvalue weighted by Crippen LogP contribution is 2.25. The van der Waals surface area contributed by atoms with Gasteiger partial charge in [0.15, 0.2) is 0 Å². The van der Waals surface area contributed by atoms with E-state index in [4.69, 9.17) is 9.15 Å². The lowest BCUT2D eigenvalue weighted by molar-refractivity contribution is 0.271. The minimum Gasteiger partial charge on any atom is -0.493 e. The standard InChI is InChI=1S/C20H23NO4S2/c1-16(2)14-25-18-5-7-20(8-6-18)27(22,23)21(12-17-9-10-24-15-17)13-19-4-3-11-26-19/h3-11,15-16H,12-14H2,1-2H3. The van der Waals surface area contributed by atoms with Gasteiger partial charge in [-0.3, -0.25) is 0 Å². The quantitative estimate of drug-likeness (QED) is 0.515. The SMILES string of the molecule is CC(C)COc1ccc(S(=O)(=O)N(Cc2ccoc2)Cc2cccs2)cc1. The monoisotopic (exact) mass is 405 g/mol. The third kappa shape index (κ3) is 5.22. The van der Waals surface area contributed by atoms with Gasteiger partial charge in [0.1, 0.15) is 5.75 Å². The summed E-state index contributed by atoms with van der Waals surface area (Å²) in [5.41, 5.74) is 0.812. The normalized spacial score (nSPS) is 12.0. The average Bonchev–Trinajstić information content (AvgIpc) is 3.34. The van der Waals surface area contributed by atoms with Crippen LogP contribution in [0.25, 0.3) is 0 Å². The fraction of sp³-hybridized carbons (Fsp3) is 0.300. The summed E-state index contributed by atoms with van der Waals surface area (Å²) in [6.45, 7) is 5.30. The van der Waals surface area contributed by atoms with E-state index in [9.17, 15) is 8.42 Å². The van der Waals surface area contributed by atoms with E-state index in [1.165, 1.54) is 15.6 Å². The molecule has 0 saturated carbocycles. The maximum Gasteiger partial charge on any atom is 0.243 e. The van der Waals surface area contributed by atoms with Crippen molar-refractivity contribution in [1.82, 2.24) is 4.31 Å². The van der Waals surface area contributed by atoms with Gasteiger partial charge in [-0.05, 0) is 47.7 Å². The highest BCUT2D eigenvalue weighted by atomic mass is 32.2. The zero-order valence-electron chi connectivity index (χ0n) is 15.4. The van der Waals surface area contributed by atoms with Crippen molar-refractivity contribution in [2.45, 2.75) is 31.8 Å². The Bertz CT molecular complexity index is 879. The Morgan fingerprint density at radius 3 is 2.48 bits per heavy atom. The fourth-order valence-corrected chi connectivity index (χ4v) is 4.72. The van der Waals surface area contributed by atoms with Crippen molar-refractivity contribution in [2.24, 2.45) is 5.92 Å². The molecule has 0 spiro atoms. The van der Waals surface area contributed by atoms with E-state index in [1.54, 1.807) is 42.9 Å². The number of sulfonamides is 1. The minimum absolute atomic E-state index is 0.249. The maximum absolute atomic E-state index is 13.2. The first kappa shape index (κ1) is 19.7. The van der Waals surface area contributed by atoms with Gasteiger partial charge in [0, 0.05) is 23.5 Å². The van der Waals surface area contributed by atoms with E-state index in [-0.39, 0.29) is 11.4 Å². The van der Waals surface area contributed by atoms with Crippen molar-refractivity contribution < 1.29 is 17.6 Å². The largest absolute Gasteiger partial charge is 0.493 e. The van der Waals surface area contributed by atoms with Crippen molar-refractivity contribution in [1.29, 1.82) is 0 Å². The second kappa shape index (κ2) is 8.73. The number of nitrogens with zero attached hydrogens (tertiary/aromatic N) is 1. The topological polar surface area (TPSA) is 59.8 Å². The van der Waals surface area contributed by atoms with Crippen LogP contribution < -0.4 is 4.74 Å². The van der Waals surface area contributed by atoms with E-state index < -0.39 is 10.0 Å². The van der Waals surface area contributed by atoms with Crippen molar-refractivity contribution >= 4 is 21.4 Å².